The lowest BCUT2D eigenvalue weighted by Crippen LogP contribution is -2.46. The average Bonchev–Trinajstić information content (AvgIpc) is 2.74. The summed E-state index contributed by atoms with van der Waals surface area (Å²) in [5.74, 6) is 1.32. The van der Waals surface area contributed by atoms with E-state index in [0.717, 1.165) is 31.3 Å². The highest BCUT2D eigenvalue weighted by atomic mass is 16.3. The van der Waals surface area contributed by atoms with Gasteiger partial charge in [-0.1, -0.05) is 6.92 Å². The highest BCUT2D eigenvalue weighted by molar-refractivity contribution is 5.93. The standard InChI is InChI=1S/C18H22O3/c1-18-9-15(20)17-12-5-3-11(19)8-10(12)2-4-13(17)14(18)6-7-16(18)21/h8,13-15,20H,2-7,9H2,1H3/t13-,14-,15+,18-/m0/s1. The van der Waals surface area contributed by atoms with Crippen molar-refractivity contribution in [2.45, 2.75) is 58.0 Å². The molecule has 0 spiro atoms. The highest BCUT2D eigenvalue weighted by Crippen LogP contribution is 2.58. The predicted octanol–water partition coefficient (Wildman–Crippen LogP) is 2.73. The van der Waals surface area contributed by atoms with Crippen LogP contribution in [0.15, 0.2) is 22.8 Å². The van der Waals surface area contributed by atoms with Gasteiger partial charge >= 0.3 is 0 Å². The van der Waals surface area contributed by atoms with Crippen LogP contribution in [0.5, 0.6) is 0 Å². The maximum Gasteiger partial charge on any atom is 0.156 e. The minimum absolute atomic E-state index is 0.221. The van der Waals surface area contributed by atoms with Crippen LogP contribution in [0.25, 0.3) is 0 Å². The Labute approximate surface area is 125 Å². The van der Waals surface area contributed by atoms with Gasteiger partial charge in [0.15, 0.2) is 5.78 Å². The lowest BCUT2D eigenvalue weighted by atomic mass is 9.56. The van der Waals surface area contributed by atoms with Crippen LogP contribution in [0, 0.1) is 17.3 Å². The average molecular weight is 286 g/mol. The fraction of sp³-hybridized carbons (Fsp3) is 0.667. The summed E-state index contributed by atoms with van der Waals surface area (Å²) in [6.45, 7) is 2.06. The molecule has 4 aliphatic rings. The summed E-state index contributed by atoms with van der Waals surface area (Å²) in [5, 5.41) is 10.7. The van der Waals surface area contributed by atoms with Crippen LogP contribution in [-0.2, 0) is 9.59 Å². The molecule has 112 valence electrons. The summed E-state index contributed by atoms with van der Waals surface area (Å²) in [5.41, 5.74) is 3.27. The van der Waals surface area contributed by atoms with E-state index in [0.29, 0.717) is 36.9 Å². The summed E-state index contributed by atoms with van der Waals surface area (Å²) < 4.78 is 0. The molecule has 0 saturated heterocycles. The number of aliphatic hydroxyl groups is 1. The Kier molecular flexibility index (Phi) is 2.81. The molecule has 4 rings (SSSR count). The van der Waals surface area contributed by atoms with Crippen LogP contribution in [0.1, 0.15) is 51.9 Å². The number of ketones is 2. The van der Waals surface area contributed by atoms with Crippen LogP contribution < -0.4 is 0 Å². The van der Waals surface area contributed by atoms with Gasteiger partial charge in [0.05, 0.1) is 6.10 Å². The molecule has 0 aromatic heterocycles. The molecule has 4 atom stereocenters. The van der Waals surface area contributed by atoms with E-state index in [1.165, 1.54) is 11.1 Å². The van der Waals surface area contributed by atoms with E-state index in [1.807, 2.05) is 0 Å². The Morgan fingerprint density at radius 1 is 1.14 bits per heavy atom. The molecule has 0 unspecified atom stereocenters. The van der Waals surface area contributed by atoms with Gasteiger partial charge < -0.3 is 5.11 Å². The molecule has 0 aliphatic heterocycles. The third kappa shape index (κ3) is 1.76. The molecule has 0 amide bonds. The van der Waals surface area contributed by atoms with Crippen molar-refractivity contribution < 1.29 is 14.7 Å². The third-order valence-electron chi connectivity index (χ3n) is 6.42. The highest BCUT2D eigenvalue weighted by Gasteiger charge is 2.56. The molecule has 1 N–H and O–H groups in total. The Balaban J connectivity index is 1.81. The predicted molar refractivity (Wildman–Crippen MR) is 78.5 cm³/mol. The van der Waals surface area contributed by atoms with Gasteiger partial charge in [-0.05, 0) is 66.7 Å². The number of rotatable bonds is 0. The van der Waals surface area contributed by atoms with Gasteiger partial charge in [-0.2, -0.15) is 0 Å². The van der Waals surface area contributed by atoms with E-state index in [-0.39, 0.29) is 11.2 Å². The number of carbonyl (C=O) groups is 2. The van der Waals surface area contributed by atoms with Crippen molar-refractivity contribution in [3.05, 3.63) is 22.8 Å². The monoisotopic (exact) mass is 286 g/mol. The lowest BCUT2D eigenvalue weighted by molar-refractivity contribution is -0.130. The van der Waals surface area contributed by atoms with E-state index in [9.17, 15) is 14.7 Å². The van der Waals surface area contributed by atoms with Gasteiger partial charge in [0, 0.05) is 18.3 Å². The summed E-state index contributed by atoms with van der Waals surface area (Å²) in [7, 11) is 0. The molecule has 0 bridgehead atoms. The van der Waals surface area contributed by atoms with Crippen molar-refractivity contribution in [2.75, 3.05) is 0 Å². The molecule has 2 saturated carbocycles. The second-order valence-electron chi connectivity index (χ2n) is 7.42. The molecular weight excluding hydrogens is 264 g/mol. The number of hydrogen-bond acceptors (Lipinski definition) is 3. The zero-order chi connectivity index (χ0) is 14.8. The quantitative estimate of drug-likeness (QED) is 0.745. The van der Waals surface area contributed by atoms with Crippen molar-refractivity contribution in [2.24, 2.45) is 17.3 Å². The van der Waals surface area contributed by atoms with E-state index in [4.69, 9.17) is 0 Å². The lowest BCUT2D eigenvalue weighted by Gasteiger charge is -2.48. The van der Waals surface area contributed by atoms with Gasteiger partial charge in [-0.3, -0.25) is 9.59 Å². The molecule has 0 aromatic carbocycles. The number of fused-ring (bicyclic) bond motifs is 4. The Morgan fingerprint density at radius 2 is 1.95 bits per heavy atom. The number of Topliss-reactive ketones (excluding diaryl/α,β-unsaturated/α-hetero) is 1. The first-order valence-electron chi connectivity index (χ1n) is 8.19. The Bertz CT molecular complexity index is 598. The van der Waals surface area contributed by atoms with Gasteiger partial charge in [0.2, 0.25) is 0 Å². The fourth-order valence-corrected chi connectivity index (χ4v) is 5.39. The normalized spacial score (nSPS) is 42.4. The van der Waals surface area contributed by atoms with Crippen molar-refractivity contribution in [3.63, 3.8) is 0 Å². The Hall–Kier alpha value is -1.22. The van der Waals surface area contributed by atoms with Gasteiger partial charge in [0.25, 0.3) is 0 Å². The minimum Gasteiger partial charge on any atom is -0.389 e. The SMILES string of the molecule is C[C@]12C[C@@H](O)C3=C4CCC(=O)C=C4CC[C@H]3[C@@H]1CCC2=O. The van der Waals surface area contributed by atoms with Crippen LogP contribution in [0.2, 0.25) is 0 Å². The first kappa shape index (κ1) is 13.4. The van der Waals surface area contributed by atoms with Crippen molar-refractivity contribution in [3.8, 4) is 0 Å². The maximum atomic E-state index is 12.3. The van der Waals surface area contributed by atoms with Gasteiger partial charge in [-0.25, -0.2) is 0 Å². The zero-order valence-electron chi connectivity index (χ0n) is 12.5. The number of allylic oxidation sites excluding steroid dienone is 3. The minimum atomic E-state index is -0.495. The van der Waals surface area contributed by atoms with E-state index in [1.54, 1.807) is 6.08 Å². The van der Waals surface area contributed by atoms with Crippen LogP contribution in [0.4, 0.5) is 0 Å². The molecule has 0 radical (unpaired) electrons. The molecular formula is C18H22O3. The van der Waals surface area contributed by atoms with Crippen molar-refractivity contribution in [1.82, 2.24) is 0 Å². The maximum absolute atomic E-state index is 12.3. The molecule has 2 fully saturated rings. The third-order valence-corrected chi connectivity index (χ3v) is 6.42. The summed E-state index contributed by atoms with van der Waals surface area (Å²) >= 11 is 0. The largest absolute Gasteiger partial charge is 0.389 e. The zero-order valence-corrected chi connectivity index (χ0v) is 12.5. The summed E-state index contributed by atoms with van der Waals surface area (Å²) in [6, 6.07) is 0. The topological polar surface area (TPSA) is 54.4 Å². The van der Waals surface area contributed by atoms with Crippen LogP contribution in [0.3, 0.4) is 0 Å². The van der Waals surface area contributed by atoms with E-state index < -0.39 is 6.10 Å². The fourth-order valence-electron chi connectivity index (χ4n) is 5.39. The van der Waals surface area contributed by atoms with E-state index in [2.05, 4.69) is 6.92 Å². The first-order valence-corrected chi connectivity index (χ1v) is 8.19. The molecule has 21 heavy (non-hydrogen) atoms. The van der Waals surface area contributed by atoms with E-state index >= 15 is 0 Å². The number of aliphatic hydroxyl groups excluding tert-OH is 1. The van der Waals surface area contributed by atoms with Crippen molar-refractivity contribution >= 4 is 11.6 Å². The molecule has 4 aliphatic carbocycles. The van der Waals surface area contributed by atoms with Crippen molar-refractivity contribution in [1.29, 1.82) is 0 Å². The number of carbonyl (C=O) groups excluding carboxylic acids is 2. The number of hydrogen-bond donors (Lipinski definition) is 1. The van der Waals surface area contributed by atoms with Crippen LogP contribution >= 0.6 is 0 Å². The van der Waals surface area contributed by atoms with Gasteiger partial charge in [-0.15, -0.1) is 0 Å². The summed E-state index contributed by atoms with van der Waals surface area (Å²) in [6.07, 6.45) is 6.80. The van der Waals surface area contributed by atoms with Crippen LogP contribution in [-0.4, -0.2) is 22.8 Å². The van der Waals surface area contributed by atoms with Gasteiger partial charge in [0.1, 0.15) is 5.78 Å². The molecule has 0 heterocycles. The molecule has 0 aromatic rings. The molecule has 3 heteroatoms. The Morgan fingerprint density at radius 3 is 2.76 bits per heavy atom. The first-order chi connectivity index (χ1) is 10.0. The summed E-state index contributed by atoms with van der Waals surface area (Å²) in [4.78, 5) is 23.9. The second-order valence-corrected chi connectivity index (χ2v) is 7.42. The second kappa shape index (κ2) is 4.39. The smallest absolute Gasteiger partial charge is 0.156 e. The molecule has 3 nitrogen and oxygen atoms in total.